The normalized spacial score (nSPS) is 24.5. The Labute approximate surface area is 102 Å². The summed E-state index contributed by atoms with van der Waals surface area (Å²) in [6.45, 7) is 6.89. The van der Waals surface area contributed by atoms with Gasteiger partial charge in [-0.2, -0.15) is 5.26 Å². The summed E-state index contributed by atoms with van der Waals surface area (Å²) in [5.41, 5.74) is 4.78. The predicted octanol–water partition coefficient (Wildman–Crippen LogP) is 1.24. The van der Waals surface area contributed by atoms with E-state index in [1.165, 1.54) is 0 Å². The van der Waals surface area contributed by atoms with Gasteiger partial charge in [0.1, 0.15) is 11.1 Å². The number of hydrogen-bond acceptors (Lipinski definition) is 4. The van der Waals surface area contributed by atoms with E-state index in [4.69, 9.17) is 15.7 Å². The van der Waals surface area contributed by atoms with Gasteiger partial charge in [0.2, 0.25) is 0 Å². The van der Waals surface area contributed by atoms with Crippen LogP contribution in [0.1, 0.15) is 33.6 Å². The summed E-state index contributed by atoms with van der Waals surface area (Å²) in [5, 5.41) is 8.84. The minimum atomic E-state index is -0.667. The molecule has 2 aliphatic rings. The van der Waals surface area contributed by atoms with Crippen LogP contribution in [0.4, 0.5) is 4.79 Å². The molecule has 0 unspecified atom stereocenters. The first kappa shape index (κ1) is 12.2. The van der Waals surface area contributed by atoms with Crippen molar-refractivity contribution < 1.29 is 9.53 Å². The SMILES string of the molecule is CC(C)(C)OC(=O)N1CC2(C1)CC(N)(C#N)C2. The van der Waals surface area contributed by atoms with Gasteiger partial charge in [0, 0.05) is 18.5 Å². The molecule has 2 N–H and O–H groups in total. The first-order valence-corrected chi connectivity index (χ1v) is 5.85. The van der Waals surface area contributed by atoms with Crippen molar-refractivity contribution in [2.75, 3.05) is 13.1 Å². The maximum Gasteiger partial charge on any atom is 0.410 e. The Morgan fingerprint density at radius 1 is 1.41 bits per heavy atom. The summed E-state index contributed by atoms with van der Waals surface area (Å²) in [6, 6.07) is 2.13. The summed E-state index contributed by atoms with van der Waals surface area (Å²) in [4.78, 5) is 13.4. The van der Waals surface area contributed by atoms with Crippen LogP contribution in [-0.4, -0.2) is 35.2 Å². The molecule has 1 amide bonds. The molecular weight excluding hydrogens is 218 g/mol. The number of carbonyl (C=O) groups is 1. The van der Waals surface area contributed by atoms with Crippen molar-refractivity contribution in [2.24, 2.45) is 11.1 Å². The highest BCUT2D eigenvalue weighted by Crippen LogP contribution is 2.52. The Balaban J connectivity index is 1.81. The van der Waals surface area contributed by atoms with Crippen molar-refractivity contribution in [1.29, 1.82) is 5.26 Å². The maximum absolute atomic E-state index is 11.7. The van der Waals surface area contributed by atoms with Crippen LogP contribution < -0.4 is 5.73 Å². The quantitative estimate of drug-likeness (QED) is 0.687. The molecular formula is C12H19N3O2. The van der Waals surface area contributed by atoms with Gasteiger partial charge in [-0.25, -0.2) is 4.79 Å². The molecule has 0 aromatic heterocycles. The lowest BCUT2D eigenvalue weighted by molar-refractivity contribution is -0.0912. The third-order valence-electron chi connectivity index (χ3n) is 3.31. The summed E-state index contributed by atoms with van der Waals surface area (Å²) >= 11 is 0. The Morgan fingerprint density at radius 3 is 2.35 bits per heavy atom. The van der Waals surface area contributed by atoms with Gasteiger partial charge < -0.3 is 15.4 Å². The Morgan fingerprint density at radius 2 is 1.94 bits per heavy atom. The number of hydrogen-bond donors (Lipinski definition) is 1. The van der Waals surface area contributed by atoms with E-state index >= 15 is 0 Å². The molecule has 17 heavy (non-hydrogen) atoms. The fourth-order valence-electron chi connectivity index (χ4n) is 2.81. The third kappa shape index (κ3) is 2.22. The van der Waals surface area contributed by atoms with Crippen molar-refractivity contribution in [3.8, 4) is 6.07 Å². The molecule has 0 radical (unpaired) electrons. The summed E-state index contributed by atoms with van der Waals surface area (Å²) < 4.78 is 5.27. The highest BCUT2D eigenvalue weighted by atomic mass is 16.6. The van der Waals surface area contributed by atoms with Crippen LogP contribution >= 0.6 is 0 Å². The molecule has 0 aromatic carbocycles. The van der Waals surface area contributed by atoms with Crippen LogP contribution in [0.25, 0.3) is 0 Å². The van der Waals surface area contributed by atoms with Gasteiger partial charge in [0.25, 0.3) is 0 Å². The van der Waals surface area contributed by atoms with Gasteiger partial charge in [-0.15, -0.1) is 0 Å². The molecule has 1 heterocycles. The van der Waals surface area contributed by atoms with Crippen LogP contribution in [0.2, 0.25) is 0 Å². The monoisotopic (exact) mass is 237 g/mol. The summed E-state index contributed by atoms with van der Waals surface area (Å²) in [7, 11) is 0. The zero-order valence-corrected chi connectivity index (χ0v) is 10.6. The number of rotatable bonds is 0. The molecule has 2 rings (SSSR count). The molecule has 1 saturated heterocycles. The summed E-state index contributed by atoms with van der Waals surface area (Å²) in [5.74, 6) is 0. The zero-order valence-electron chi connectivity index (χ0n) is 10.6. The van der Waals surface area contributed by atoms with Crippen molar-refractivity contribution in [2.45, 2.75) is 44.8 Å². The van der Waals surface area contributed by atoms with Gasteiger partial charge in [-0.1, -0.05) is 0 Å². The van der Waals surface area contributed by atoms with Crippen molar-refractivity contribution in [3.63, 3.8) is 0 Å². The molecule has 5 heteroatoms. The third-order valence-corrected chi connectivity index (χ3v) is 3.31. The molecule has 1 aliphatic carbocycles. The Kier molecular flexibility index (Phi) is 2.41. The molecule has 0 aromatic rings. The number of carbonyl (C=O) groups excluding carboxylic acids is 1. The first-order chi connectivity index (χ1) is 7.67. The van der Waals surface area contributed by atoms with Gasteiger partial charge >= 0.3 is 6.09 Å². The van der Waals surface area contributed by atoms with Crippen molar-refractivity contribution in [3.05, 3.63) is 0 Å². The van der Waals surface area contributed by atoms with Crippen molar-refractivity contribution >= 4 is 6.09 Å². The zero-order chi connectivity index (χ0) is 12.9. The van der Waals surface area contributed by atoms with E-state index in [1.54, 1.807) is 4.90 Å². The minimum Gasteiger partial charge on any atom is -0.444 e. The topological polar surface area (TPSA) is 79.3 Å². The fourth-order valence-corrected chi connectivity index (χ4v) is 2.81. The van der Waals surface area contributed by atoms with E-state index in [2.05, 4.69) is 6.07 Å². The molecule has 2 fully saturated rings. The van der Waals surface area contributed by atoms with E-state index < -0.39 is 11.1 Å². The standard InChI is InChI=1S/C12H19N3O2/c1-10(2,3)17-9(16)15-7-11(8-15)4-12(14,5-11)6-13/h4-5,7-8,14H2,1-3H3. The largest absolute Gasteiger partial charge is 0.444 e. The van der Waals surface area contributed by atoms with Crippen LogP contribution in [0.3, 0.4) is 0 Å². The second-order valence-corrected chi connectivity index (χ2v) is 6.46. The predicted molar refractivity (Wildman–Crippen MR) is 62.0 cm³/mol. The summed E-state index contributed by atoms with van der Waals surface area (Å²) in [6.07, 6.45) is 1.11. The van der Waals surface area contributed by atoms with E-state index in [0.717, 1.165) is 0 Å². The molecule has 0 atom stereocenters. The van der Waals surface area contributed by atoms with Crippen LogP contribution in [0.15, 0.2) is 0 Å². The second kappa shape index (κ2) is 3.36. The molecule has 1 spiro atoms. The second-order valence-electron chi connectivity index (χ2n) is 6.46. The molecule has 1 aliphatic heterocycles. The lowest BCUT2D eigenvalue weighted by atomic mass is 9.54. The Hall–Kier alpha value is -1.28. The smallest absolute Gasteiger partial charge is 0.410 e. The van der Waals surface area contributed by atoms with Gasteiger partial charge in [-0.05, 0) is 33.6 Å². The van der Waals surface area contributed by atoms with E-state index in [-0.39, 0.29) is 11.5 Å². The van der Waals surface area contributed by atoms with E-state index in [0.29, 0.717) is 25.9 Å². The Bertz CT molecular complexity index is 378. The molecule has 94 valence electrons. The van der Waals surface area contributed by atoms with Crippen LogP contribution in [-0.2, 0) is 4.74 Å². The molecule has 0 bridgehead atoms. The number of nitrogens with zero attached hydrogens (tertiary/aromatic N) is 2. The number of nitrogens with two attached hydrogens (primary N) is 1. The number of ether oxygens (including phenoxy) is 1. The van der Waals surface area contributed by atoms with Gasteiger partial charge in [-0.3, -0.25) is 0 Å². The van der Waals surface area contributed by atoms with Gasteiger partial charge in [0.15, 0.2) is 0 Å². The van der Waals surface area contributed by atoms with Crippen LogP contribution in [0.5, 0.6) is 0 Å². The lowest BCUT2D eigenvalue weighted by Gasteiger charge is -2.60. The highest BCUT2D eigenvalue weighted by molar-refractivity contribution is 5.69. The first-order valence-electron chi connectivity index (χ1n) is 5.85. The molecule has 1 saturated carbocycles. The fraction of sp³-hybridized carbons (Fsp3) is 0.833. The lowest BCUT2D eigenvalue weighted by Crippen LogP contribution is -2.71. The molecule has 5 nitrogen and oxygen atoms in total. The van der Waals surface area contributed by atoms with Crippen molar-refractivity contribution in [1.82, 2.24) is 4.90 Å². The number of likely N-dealkylation sites (tertiary alicyclic amines) is 1. The average molecular weight is 237 g/mol. The average Bonchev–Trinajstić information content (AvgIpc) is 2.05. The van der Waals surface area contributed by atoms with E-state index in [9.17, 15) is 4.79 Å². The van der Waals surface area contributed by atoms with Gasteiger partial charge in [0.05, 0.1) is 6.07 Å². The van der Waals surface area contributed by atoms with E-state index in [1.807, 2.05) is 20.8 Å². The minimum absolute atomic E-state index is 0.0847. The van der Waals surface area contributed by atoms with Crippen LogP contribution in [0, 0.1) is 16.7 Å². The maximum atomic E-state index is 11.7. The highest BCUT2D eigenvalue weighted by Gasteiger charge is 2.60. The number of nitriles is 1. The number of amides is 1.